The van der Waals surface area contributed by atoms with E-state index in [0.717, 1.165) is 5.56 Å². The number of amides is 1. The van der Waals surface area contributed by atoms with Crippen molar-refractivity contribution in [2.45, 2.75) is 18.6 Å². The Morgan fingerprint density at radius 3 is 2.25 bits per heavy atom. The van der Waals surface area contributed by atoms with Gasteiger partial charge < -0.3 is 24.8 Å². The van der Waals surface area contributed by atoms with E-state index in [1.807, 2.05) is 30.3 Å². The van der Waals surface area contributed by atoms with Crippen LogP contribution in [0.5, 0.6) is 17.2 Å². The number of likely N-dealkylation sites (tertiary alicyclic amines) is 1. The van der Waals surface area contributed by atoms with Crippen LogP contribution in [0.4, 0.5) is 8.78 Å². The SMILES string of the molecule is COc1cc(C(=O)N2C[C@@H](N)[C@H](c3ccccc3)C2)cc(OC)c1OC(F)F. The number of carbonyl (C=O) groups is 1. The number of hydrogen-bond acceptors (Lipinski definition) is 5. The molecule has 0 spiro atoms. The molecule has 0 saturated carbocycles. The summed E-state index contributed by atoms with van der Waals surface area (Å²) in [6.07, 6.45) is 0. The van der Waals surface area contributed by atoms with E-state index < -0.39 is 6.61 Å². The smallest absolute Gasteiger partial charge is 0.387 e. The number of ether oxygens (including phenoxy) is 3. The molecule has 0 aliphatic carbocycles. The highest BCUT2D eigenvalue weighted by Crippen LogP contribution is 2.40. The lowest BCUT2D eigenvalue weighted by molar-refractivity contribution is -0.0526. The van der Waals surface area contributed by atoms with Crippen LogP contribution in [0.25, 0.3) is 0 Å². The van der Waals surface area contributed by atoms with E-state index in [2.05, 4.69) is 4.74 Å². The number of halogens is 2. The van der Waals surface area contributed by atoms with Crippen molar-refractivity contribution in [3.8, 4) is 17.2 Å². The van der Waals surface area contributed by atoms with Crippen molar-refractivity contribution in [2.24, 2.45) is 5.73 Å². The van der Waals surface area contributed by atoms with Gasteiger partial charge in [0.2, 0.25) is 5.75 Å². The Hall–Kier alpha value is -2.87. The van der Waals surface area contributed by atoms with E-state index in [9.17, 15) is 13.6 Å². The van der Waals surface area contributed by atoms with Crippen LogP contribution in [0.3, 0.4) is 0 Å². The largest absolute Gasteiger partial charge is 0.493 e. The number of benzene rings is 2. The van der Waals surface area contributed by atoms with Crippen molar-refractivity contribution in [2.75, 3.05) is 27.3 Å². The van der Waals surface area contributed by atoms with Crippen LogP contribution in [0.2, 0.25) is 0 Å². The zero-order valence-electron chi connectivity index (χ0n) is 15.6. The number of nitrogens with two attached hydrogens (primary N) is 1. The molecule has 3 rings (SSSR count). The minimum atomic E-state index is -3.05. The number of hydrogen-bond donors (Lipinski definition) is 1. The van der Waals surface area contributed by atoms with Gasteiger partial charge in [-0.05, 0) is 17.7 Å². The Labute approximate surface area is 161 Å². The Balaban J connectivity index is 1.86. The summed E-state index contributed by atoms with van der Waals surface area (Å²) in [7, 11) is 2.61. The van der Waals surface area contributed by atoms with Crippen molar-refractivity contribution in [3.05, 3.63) is 53.6 Å². The molecule has 0 radical (unpaired) electrons. The van der Waals surface area contributed by atoms with Gasteiger partial charge in [-0.1, -0.05) is 30.3 Å². The lowest BCUT2D eigenvalue weighted by Gasteiger charge is -2.19. The van der Waals surface area contributed by atoms with Gasteiger partial charge in [0, 0.05) is 30.6 Å². The quantitative estimate of drug-likeness (QED) is 0.818. The molecule has 1 heterocycles. The average Bonchev–Trinajstić information content (AvgIpc) is 3.09. The lowest BCUT2D eigenvalue weighted by Crippen LogP contribution is -2.32. The van der Waals surface area contributed by atoms with Crippen molar-refractivity contribution in [1.29, 1.82) is 0 Å². The minimum Gasteiger partial charge on any atom is -0.493 e. The maximum Gasteiger partial charge on any atom is 0.387 e. The summed E-state index contributed by atoms with van der Waals surface area (Å²) in [6, 6.07) is 12.3. The molecule has 2 aromatic rings. The number of carbonyl (C=O) groups excluding carboxylic acids is 1. The average molecular weight is 392 g/mol. The number of rotatable bonds is 6. The number of methoxy groups -OCH3 is 2. The van der Waals surface area contributed by atoms with Crippen LogP contribution in [-0.2, 0) is 0 Å². The van der Waals surface area contributed by atoms with E-state index in [1.54, 1.807) is 4.90 Å². The lowest BCUT2D eigenvalue weighted by atomic mass is 9.95. The van der Waals surface area contributed by atoms with Gasteiger partial charge in [-0.3, -0.25) is 4.79 Å². The molecule has 2 atom stereocenters. The fourth-order valence-corrected chi connectivity index (χ4v) is 3.44. The summed E-state index contributed by atoms with van der Waals surface area (Å²) < 4.78 is 40.1. The maximum atomic E-state index is 13.0. The molecule has 0 bridgehead atoms. The standard InChI is InChI=1S/C20H22F2N2O4/c1-26-16-8-13(9-17(27-2)18(16)28-20(21)22)19(25)24-10-14(15(23)11-24)12-6-4-3-5-7-12/h3-9,14-15,20H,10-11,23H2,1-2H3/t14-,15+/m0/s1. The molecule has 2 N–H and O–H groups in total. The first kappa shape index (κ1) is 19.9. The molecule has 1 aliphatic heterocycles. The number of nitrogens with zero attached hydrogens (tertiary/aromatic N) is 1. The fraction of sp³-hybridized carbons (Fsp3) is 0.350. The Kier molecular flexibility index (Phi) is 5.99. The predicted molar refractivity (Wildman–Crippen MR) is 99.2 cm³/mol. The molecule has 1 saturated heterocycles. The third kappa shape index (κ3) is 4.01. The summed E-state index contributed by atoms with van der Waals surface area (Å²) in [5.74, 6) is -0.529. The van der Waals surface area contributed by atoms with Crippen LogP contribution in [-0.4, -0.2) is 50.8 Å². The van der Waals surface area contributed by atoms with Crippen LogP contribution in [0, 0.1) is 0 Å². The highest BCUT2D eigenvalue weighted by Gasteiger charge is 2.35. The summed E-state index contributed by atoms with van der Waals surface area (Å²) in [4.78, 5) is 14.7. The molecule has 1 fully saturated rings. The Bertz CT molecular complexity index is 807. The summed E-state index contributed by atoms with van der Waals surface area (Å²) >= 11 is 0. The van der Waals surface area contributed by atoms with Crippen LogP contribution < -0.4 is 19.9 Å². The first-order chi connectivity index (χ1) is 13.4. The zero-order chi connectivity index (χ0) is 20.3. The third-order valence-corrected chi connectivity index (χ3v) is 4.79. The third-order valence-electron chi connectivity index (χ3n) is 4.79. The van der Waals surface area contributed by atoms with Gasteiger partial charge >= 0.3 is 6.61 Å². The highest BCUT2D eigenvalue weighted by atomic mass is 19.3. The second-order valence-corrected chi connectivity index (χ2v) is 6.48. The van der Waals surface area contributed by atoms with Crippen LogP contribution in [0.1, 0.15) is 21.8 Å². The molecule has 2 aromatic carbocycles. The van der Waals surface area contributed by atoms with Gasteiger partial charge in [-0.2, -0.15) is 8.78 Å². The highest BCUT2D eigenvalue weighted by molar-refractivity contribution is 5.96. The van der Waals surface area contributed by atoms with Crippen molar-refractivity contribution in [1.82, 2.24) is 4.90 Å². The van der Waals surface area contributed by atoms with Crippen molar-refractivity contribution < 1.29 is 27.8 Å². The molecule has 1 amide bonds. The van der Waals surface area contributed by atoms with Crippen molar-refractivity contribution in [3.63, 3.8) is 0 Å². The summed E-state index contributed by atoms with van der Waals surface area (Å²) in [6.45, 7) is -2.20. The first-order valence-corrected chi connectivity index (χ1v) is 8.75. The Morgan fingerprint density at radius 1 is 1.11 bits per heavy atom. The monoisotopic (exact) mass is 392 g/mol. The second kappa shape index (κ2) is 8.43. The van der Waals surface area contributed by atoms with Crippen LogP contribution in [0.15, 0.2) is 42.5 Å². The van der Waals surface area contributed by atoms with Crippen LogP contribution >= 0.6 is 0 Å². The first-order valence-electron chi connectivity index (χ1n) is 8.75. The van der Waals surface area contributed by atoms with E-state index in [-0.39, 0.29) is 40.7 Å². The molecule has 0 aromatic heterocycles. The summed E-state index contributed by atoms with van der Waals surface area (Å²) in [5.41, 5.74) is 7.58. The van der Waals surface area contributed by atoms with Gasteiger partial charge in [0.15, 0.2) is 11.5 Å². The van der Waals surface area contributed by atoms with E-state index >= 15 is 0 Å². The molecule has 28 heavy (non-hydrogen) atoms. The molecule has 8 heteroatoms. The topological polar surface area (TPSA) is 74.0 Å². The van der Waals surface area contributed by atoms with E-state index in [1.165, 1.54) is 26.4 Å². The van der Waals surface area contributed by atoms with E-state index in [4.69, 9.17) is 15.2 Å². The summed E-state index contributed by atoms with van der Waals surface area (Å²) in [5, 5.41) is 0. The van der Waals surface area contributed by atoms with Gasteiger partial charge in [-0.25, -0.2) is 0 Å². The predicted octanol–water partition coefficient (Wildman–Crippen LogP) is 2.87. The second-order valence-electron chi connectivity index (χ2n) is 6.48. The van der Waals surface area contributed by atoms with Gasteiger partial charge in [0.05, 0.1) is 14.2 Å². The zero-order valence-corrected chi connectivity index (χ0v) is 15.6. The number of alkyl halides is 2. The van der Waals surface area contributed by atoms with Gasteiger partial charge in [0.1, 0.15) is 0 Å². The molecule has 1 aliphatic rings. The van der Waals surface area contributed by atoms with E-state index in [0.29, 0.717) is 13.1 Å². The minimum absolute atomic E-state index is 0.00824. The fourth-order valence-electron chi connectivity index (χ4n) is 3.44. The maximum absolute atomic E-state index is 13.0. The normalized spacial score (nSPS) is 19.0. The van der Waals surface area contributed by atoms with Gasteiger partial charge in [-0.15, -0.1) is 0 Å². The molecule has 150 valence electrons. The molecular weight excluding hydrogens is 370 g/mol. The van der Waals surface area contributed by atoms with Crippen molar-refractivity contribution >= 4 is 5.91 Å². The molecule has 6 nitrogen and oxygen atoms in total. The van der Waals surface area contributed by atoms with Gasteiger partial charge in [0.25, 0.3) is 5.91 Å². The molecular formula is C20H22F2N2O4. The Morgan fingerprint density at radius 2 is 1.71 bits per heavy atom. The molecule has 0 unspecified atom stereocenters.